The van der Waals surface area contributed by atoms with Crippen LogP contribution in [0, 0.1) is 5.82 Å². The molecule has 2 aromatic carbocycles. The zero-order valence-electron chi connectivity index (χ0n) is 12.0. The smallest absolute Gasteiger partial charge is 0.334 e. The van der Waals surface area contributed by atoms with E-state index in [1.165, 1.54) is 12.1 Å². The van der Waals surface area contributed by atoms with Crippen LogP contribution in [-0.4, -0.2) is 18.4 Å². The molecule has 0 aliphatic heterocycles. The molecule has 3 rings (SSSR count). The van der Waals surface area contributed by atoms with Crippen LogP contribution in [-0.2, 0) is 16.2 Å². The van der Waals surface area contributed by atoms with Crippen LogP contribution in [0.2, 0.25) is 5.02 Å². The molecule has 0 bridgehead atoms. The summed E-state index contributed by atoms with van der Waals surface area (Å²) in [6, 6.07) is 6.38. The van der Waals surface area contributed by atoms with Gasteiger partial charge in [-0.3, -0.25) is 4.72 Å². The van der Waals surface area contributed by atoms with Crippen molar-refractivity contribution in [1.29, 1.82) is 0 Å². The van der Waals surface area contributed by atoms with Crippen LogP contribution in [0.15, 0.2) is 41.3 Å². The summed E-state index contributed by atoms with van der Waals surface area (Å²) in [7, 11) is -4.16. The number of fused-ring (bicyclic) bond motifs is 1. The molecule has 0 saturated heterocycles. The summed E-state index contributed by atoms with van der Waals surface area (Å²) in [6.07, 6.45) is -4.65. The fourth-order valence-corrected chi connectivity index (χ4v) is 3.69. The second-order valence-electron chi connectivity index (χ2n) is 5.00. The number of aromatic amines is 1. The monoisotopic (exact) mass is 393 g/mol. The van der Waals surface area contributed by atoms with Crippen LogP contribution >= 0.6 is 11.6 Å². The van der Waals surface area contributed by atoms with E-state index in [0.29, 0.717) is 0 Å². The van der Waals surface area contributed by atoms with Crippen LogP contribution in [0.4, 0.5) is 23.2 Å². The molecule has 2 N–H and O–H groups in total. The molecule has 0 fully saturated rings. The van der Waals surface area contributed by atoms with Gasteiger partial charge >= 0.3 is 6.18 Å². The van der Waals surface area contributed by atoms with Crippen molar-refractivity contribution >= 4 is 38.3 Å². The van der Waals surface area contributed by atoms with Crippen LogP contribution in [0.25, 0.3) is 11.0 Å². The number of hydrogen-bond donors (Lipinski definition) is 2. The minimum Gasteiger partial charge on any atom is -0.334 e. The minimum atomic E-state index is -4.65. The molecule has 0 aliphatic carbocycles. The van der Waals surface area contributed by atoms with Crippen LogP contribution in [0.1, 0.15) is 5.82 Å². The Hall–Kier alpha value is -2.33. The number of rotatable bonds is 3. The van der Waals surface area contributed by atoms with E-state index in [1.807, 2.05) is 0 Å². The van der Waals surface area contributed by atoms with Gasteiger partial charge in [0, 0.05) is 0 Å². The highest BCUT2D eigenvalue weighted by Gasteiger charge is 2.34. The fraction of sp³-hybridized carbons (Fsp3) is 0.0714. The third kappa shape index (κ3) is 3.54. The highest BCUT2D eigenvalue weighted by atomic mass is 35.5. The Bertz CT molecular complexity index is 1060. The Balaban J connectivity index is 1.96. The maximum Gasteiger partial charge on any atom is 0.449 e. The van der Waals surface area contributed by atoms with Gasteiger partial charge in [-0.1, -0.05) is 11.6 Å². The number of benzene rings is 2. The Kier molecular flexibility index (Phi) is 4.12. The summed E-state index contributed by atoms with van der Waals surface area (Å²) in [5.41, 5.74) is 0.0121. The number of alkyl halides is 3. The number of aromatic nitrogens is 2. The highest BCUT2D eigenvalue weighted by molar-refractivity contribution is 7.92. The first-order valence-electron chi connectivity index (χ1n) is 6.61. The number of halogens is 5. The molecular weight excluding hydrogens is 386 g/mol. The average molecular weight is 394 g/mol. The number of imidazole rings is 1. The lowest BCUT2D eigenvalue weighted by Crippen LogP contribution is -2.13. The second kappa shape index (κ2) is 5.88. The molecule has 0 aliphatic rings. The standard InChI is InChI=1S/C14H8ClF4N3O2S/c15-9-5-7(16)1-4-12(9)25(23,24)22-8-2-3-10-11(6-8)21-13(20-10)14(17,18)19/h1-6,22H,(H,20,21). The van der Waals surface area contributed by atoms with Crippen molar-refractivity contribution in [1.82, 2.24) is 9.97 Å². The van der Waals surface area contributed by atoms with E-state index < -0.39 is 27.8 Å². The number of H-pyrrole nitrogens is 1. The average Bonchev–Trinajstić information content (AvgIpc) is 2.89. The van der Waals surface area contributed by atoms with Gasteiger partial charge in [0.05, 0.1) is 21.7 Å². The minimum absolute atomic E-state index is 0.00210. The lowest BCUT2D eigenvalue weighted by atomic mass is 10.3. The predicted molar refractivity (Wildman–Crippen MR) is 83.3 cm³/mol. The van der Waals surface area contributed by atoms with Crippen LogP contribution in [0.5, 0.6) is 0 Å². The van der Waals surface area contributed by atoms with Crippen molar-refractivity contribution in [3.8, 4) is 0 Å². The Labute approximate surface area is 143 Å². The summed E-state index contributed by atoms with van der Waals surface area (Å²) < 4.78 is 77.8. The summed E-state index contributed by atoms with van der Waals surface area (Å²) in [6.45, 7) is 0. The lowest BCUT2D eigenvalue weighted by molar-refractivity contribution is -0.144. The van der Waals surface area contributed by atoms with E-state index in [4.69, 9.17) is 11.6 Å². The summed E-state index contributed by atoms with van der Waals surface area (Å²) >= 11 is 5.73. The Morgan fingerprint density at radius 1 is 1.12 bits per heavy atom. The number of anilines is 1. The predicted octanol–water partition coefficient (Wildman–Crippen LogP) is 4.18. The van der Waals surface area contributed by atoms with Gasteiger partial charge in [-0.25, -0.2) is 17.8 Å². The topological polar surface area (TPSA) is 74.8 Å². The van der Waals surface area contributed by atoms with Crippen molar-refractivity contribution in [3.05, 3.63) is 53.1 Å². The molecule has 3 aromatic rings. The number of nitrogens with zero attached hydrogens (tertiary/aromatic N) is 1. The normalized spacial score (nSPS) is 12.5. The van der Waals surface area contributed by atoms with E-state index >= 15 is 0 Å². The Morgan fingerprint density at radius 2 is 1.84 bits per heavy atom. The first-order chi connectivity index (χ1) is 11.6. The molecule has 1 heterocycles. The first-order valence-corrected chi connectivity index (χ1v) is 8.47. The summed E-state index contributed by atoms with van der Waals surface area (Å²) in [5.74, 6) is -1.90. The first kappa shape index (κ1) is 17.5. The zero-order chi connectivity index (χ0) is 18.4. The van der Waals surface area contributed by atoms with E-state index in [0.717, 1.165) is 24.3 Å². The third-order valence-electron chi connectivity index (χ3n) is 3.19. The van der Waals surface area contributed by atoms with E-state index in [9.17, 15) is 26.0 Å². The number of nitrogens with one attached hydrogen (secondary N) is 2. The van der Waals surface area contributed by atoms with Crippen LogP contribution < -0.4 is 4.72 Å². The molecule has 5 nitrogen and oxygen atoms in total. The molecule has 11 heteroatoms. The third-order valence-corrected chi connectivity index (χ3v) is 5.05. The largest absolute Gasteiger partial charge is 0.449 e. The van der Waals surface area contributed by atoms with Crippen molar-refractivity contribution in [2.45, 2.75) is 11.1 Å². The number of hydrogen-bond acceptors (Lipinski definition) is 3. The number of sulfonamides is 1. The van der Waals surface area contributed by atoms with Gasteiger partial charge in [-0.05, 0) is 36.4 Å². The van der Waals surface area contributed by atoms with Gasteiger partial charge in [0.2, 0.25) is 5.82 Å². The molecule has 0 unspecified atom stereocenters. The van der Waals surface area contributed by atoms with Gasteiger partial charge in [0.15, 0.2) is 0 Å². The molecule has 25 heavy (non-hydrogen) atoms. The molecule has 132 valence electrons. The van der Waals surface area contributed by atoms with Gasteiger partial charge < -0.3 is 4.98 Å². The van der Waals surface area contributed by atoms with E-state index in [2.05, 4.69) is 14.7 Å². The van der Waals surface area contributed by atoms with Gasteiger partial charge in [0.1, 0.15) is 10.7 Å². The summed E-state index contributed by atoms with van der Waals surface area (Å²) in [5, 5.41) is -0.325. The van der Waals surface area contributed by atoms with Crippen molar-refractivity contribution in [2.75, 3.05) is 4.72 Å². The summed E-state index contributed by atoms with van der Waals surface area (Å²) in [4.78, 5) is 5.09. The SMILES string of the molecule is O=S(=O)(Nc1ccc2nc(C(F)(F)F)[nH]c2c1)c1ccc(F)cc1Cl. The quantitative estimate of drug-likeness (QED) is 0.656. The molecule has 0 spiro atoms. The molecule has 1 aromatic heterocycles. The van der Waals surface area contributed by atoms with E-state index in [-0.39, 0.29) is 26.6 Å². The zero-order valence-corrected chi connectivity index (χ0v) is 13.6. The maximum atomic E-state index is 13.0. The molecule has 0 saturated carbocycles. The van der Waals surface area contributed by atoms with E-state index in [1.54, 1.807) is 0 Å². The molecular formula is C14H8ClF4N3O2S. The van der Waals surface area contributed by atoms with Gasteiger partial charge in [0.25, 0.3) is 10.0 Å². The molecule has 0 amide bonds. The molecule has 0 radical (unpaired) electrons. The van der Waals surface area contributed by atoms with Gasteiger partial charge in [-0.2, -0.15) is 13.2 Å². The Morgan fingerprint density at radius 3 is 2.48 bits per heavy atom. The second-order valence-corrected chi connectivity index (χ2v) is 7.05. The molecule has 0 atom stereocenters. The van der Waals surface area contributed by atoms with Crippen molar-refractivity contribution in [2.24, 2.45) is 0 Å². The van der Waals surface area contributed by atoms with Crippen molar-refractivity contribution in [3.63, 3.8) is 0 Å². The van der Waals surface area contributed by atoms with Crippen molar-refractivity contribution < 1.29 is 26.0 Å². The highest BCUT2D eigenvalue weighted by Crippen LogP contribution is 2.30. The lowest BCUT2D eigenvalue weighted by Gasteiger charge is -2.09. The van der Waals surface area contributed by atoms with Gasteiger partial charge in [-0.15, -0.1) is 0 Å². The fourth-order valence-electron chi connectivity index (χ4n) is 2.11. The van der Waals surface area contributed by atoms with Crippen LogP contribution in [0.3, 0.4) is 0 Å². The maximum absolute atomic E-state index is 13.0.